The lowest BCUT2D eigenvalue weighted by molar-refractivity contribution is 0.167. The topological polar surface area (TPSA) is 79.5 Å². The highest BCUT2D eigenvalue weighted by atomic mass is 32.2. The third-order valence-electron chi connectivity index (χ3n) is 3.11. The molecule has 2 rings (SSSR count). The molecule has 7 nitrogen and oxygen atoms in total. The van der Waals surface area contributed by atoms with Crippen LogP contribution in [0.3, 0.4) is 0 Å². The summed E-state index contributed by atoms with van der Waals surface area (Å²) in [6.45, 7) is 6.69. The molecule has 0 radical (unpaired) electrons. The highest BCUT2D eigenvalue weighted by Crippen LogP contribution is 2.11. The Morgan fingerprint density at radius 3 is 2.42 bits per heavy atom. The van der Waals surface area contributed by atoms with E-state index < -0.39 is 10.0 Å². The van der Waals surface area contributed by atoms with Gasteiger partial charge in [-0.1, -0.05) is 6.92 Å². The van der Waals surface area contributed by atoms with Crippen molar-refractivity contribution in [1.29, 1.82) is 0 Å². The zero-order valence-corrected chi connectivity index (χ0v) is 12.2. The van der Waals surface area contributed by atoms with Gasteiger partial charge in [0.1, 0.15) is 0 Å². The number of hydrogen-bond donors (Lipinski definition) is 0. The van der Waals surface area contributed by atoms with E-state index in [4.69, 9.17) is 4.42 Å². The van der Waals surface area contributed by atoms with E-state index in [1.165, 1.54) is 0 Å². The number of nitrogens with zero attached hydrogens (tertiary/aromatic N) is 4. The van der Waals surface area contributed by atoms with Gasteiger partial charge in [0.2, 0.25) is 21.8 Å². The van der Waals surface area contributed by atoms with E-state index in [0.717, 1.165) is 0 Å². The van der Waals surface area contributed by atoms with Crippen molar-refractivity contribution in [3.63, 3.8) is 0 Å². The molecule has 1 saturated heterocycles. The molecule has 0 atom stereocenters. The van der Waals surface area contributed by atoms with Crippen molar-refractivity contribution in [2.75, 3.05) is 31.9 Å². The first kappa shape index (κ1) is 14.4. The zero-order chi connectivity index (χ0) is 13.9. The van der Waals surface area contributed by atoms with Gasteiger partial charge in [0.05, 0.1) is 12.3 Å². The van der Waals surface area contributed by atoms with Gasteiger partial charge in [-0.3, -0.25) is 4.90 Å². The highest BCUT2D eigenvalue weighted by Gasteiger charge is 2.26. The number of aryl methyl sites for hydroxylation is 1. The first-order chi connectivity index (χ1) is 9.01. The minimum Gasteiger partial charge on any atom is -0.424 e. The fraction of sp³-hybridized carbons (Fsp3) is 0.818. The van der Waals surface area contributed by atoms with Crippen molar-refractivity contribution in [3.8, 4) is 0 Å². The van der Waals surface area contributed by atoms with Crippen LogP contribution in [-0.4, -0.2) is 59.8 Å². The maximum atomic E-state index is 11.9. The third-order valence-corrected chi connectivity index (χ3v) is 5.19. The van der Waals surface area contributed by atoms with Crippen molar-refractivity contribution in [2.45, 2.75) is 26.8 Å². The van der Waals surface area contributed by atoms with E-state index in [9.17, 15) is 8.42 Å². The molecule has 0 saturated carbocycles. The Kier molecular flexibility index (Phi) is 4.54. The van der Waals surface area contributed by atoms with E-state index in [-0.39, 0.29) is 5.75 Å². The van der Waals surface area contributed by atoms with E-state index >= 15 is 0 Å². The van der Waals surface area contributed by atoms with Crippen molar-refractivity contribution in [2.24, 2.45) is 0 Å². The number of piperazine rings is 1. The monoisotopic (exact) mass is 288 g/mol. The Bertz CT molecular complexity index is 506. The quantitative estimate of drug-likeness (QED) is 0.772. The summed E-state index contributed by atoms with van der Waals surface area (Å²) >= 11 is 0. The van der Waals surface area contributed by atoms with E-state index in [2.05, 4.69) is 15.1 Å². The molecule has 1 aromatic rings. The van der Waals surface area contributed by atoms with Crippen LogP contribution in [0.1, 0.15) is 25.1 Å². The fourth-order valence-electron chi connectivity index (χ4n) is 2.15. The predicted octanol–water partition coefficient (Wildman–Crippen LogP) is 0.235. The van der Waals surface area contributed by atoms with Crippen LogP contribution in [0.5, 0.6) is 0 Å². The standard InChI is InChI=1S/C11H20N4O3S/c1-3-8-19(16,17)15-6-4-14(5-7-15)9-11-13-12-10(2)18-11/h3-9H2,1-2H3. The molecule has 8 heteroatoms. The molecule has 1 aliphatic heterocycles. The molecule has 1 fully saturated rings. The van der Waals surface area contributed by atoms with Crippen LogP contribution in [0, 0.1) is 6.92 Å². The summed E-state index contributed by atoms with van der Waals surface area (Å²) in [5, 5.41) is 7.73. The van der Waals surface area contributed by atoms with Crippen LogP contribution < -0.4 is 0 Å². The smallest absolute Gasteiger partial charge is 0.230 e. The summed E-state index contributed by atoms with van der Waals surface area (Å²) in [5.41, 5.74) is 0. The van der Waals surface area contributed by atoms with E-state index in [1.54, 1.807) is 11.2 Å². The molecule has 1 aromatic heterocycles. The molecule has 0 spiro atoms. The summed E-state index contributed by atoms with van der Waals surface area (Å²) in [4.78, 5) is 2.13. The molecule has 108 valence electrons. The van der Waals surface area contributed by atoms with Crippen LogP contribution in [0.4, 0.5) is 0 Å². The second kappa shape index (κ2) is 5.98. The summed E-state index contributed by atoms with van der Waals surface area (Å²) in [6.07, 6.45) is 0.657. The normalized spacial score (nSPS) is 18.8. The highest BCUT2D eigenvalue weighted by molar-refractivity contribution is 7.89. The van der Waals surface area contributed by atoms with Crippen LogP contribution in [0.25, 0.3) is 0 Å². The predicted molar refractivity (Wildman–Crippen MR) is 70.0 cm³/mol. The van der Waals surface area contributed by atoms with Gasteiger partial charge in [0, 0.05) is 33.1 Å². The molecule has 0 amide bonds. The lowest BCUT2D eigenvalue weighted by Crippen LogP contribution is -2.48. The van der Waals surface area contributed by atoms with Gasteiger partial charge in [-0.2, -0.15) is 4.31 Å². The van der Waals surface area contributed by atoms with Crippen molar-refractivity contribution in [3.05, 3.63) is 11.8 Å². The van der Waals surface area contributed by atoms with E-state index in [0.29, 0.717) is 50.9 Å². The summed E-state index contributed by atoms with van der Waals surface area (Å²) < 4.78 is 30.7. The molecular weight excluding hydrogens is 268 g/mol. The fourth-order valence-corrected chi connectivity index (χ4v) is 3.64. The Morgan fingerprint density at radius 1 is 1.21 bits per heavy atom. The lowest BCUT2D eigenvalue weighted by atomic mass is 10.3. The van der Waals surface area contributed by atoms with Crippen molar-refractivity contribution < 1.29 is 12.8 Å². The molecule has 19 heavy (non-hydrogen) atoms. The second-order valence-corrected chi connectivity index (χ2v) is 6.79. The minimum atomic E-state index is -3.07. The Balaban J connectivity index is 1.86. The van der Waals surface area contributed by atoms with Crippen molar-refractivity contribution in [1.82, 2.24) is 19.4 Å². The van der Waals surface area contributed by atoms with Gasteiger partial charge < -0.3 is 4.42 Å². The molecular formula is C11H20N4O3S. The van der Waals surface area contributed by atoms with E-state index in [1.807, 2.05) is 6.92 Å². The third kappa shape index (κ3) is 3.74. The molecule has 0 N–H and O–H groups in total. The van der Waals surface area contributed by atoms with Crippen LogP contribution in [0.2, 0.25) is 0 Å². The van der Waals surface area contributed by atoms with Gasteiger partial charge in [-0.05, 0) is 6.42 Å². The van der Waals surface area contributed by atoms with Gasteiger partial charge in [-0.15, -0.1) is 10.2 Å². The minimum absolute atomic E-state index is 0.232. The molecule has 0 unspecified atom stereocenters. The molecule has 0 aliphatic carbocycles. The van der Waals surface area contributed by atoms with Crippen LogP contribution >= 0.6 is 0 Å². The first-order valence-corrected chi connectivity index (χ1v) is 8.11. The summed E-state index contributed by atoms with van der Waals surface area (Å²) in [7, 11) is -3.07. The average Bonchev–Trinajstić information content (AvgIpc) is 2.75. The number of hydrogen-bond acceptors (Lipinski definition) is 6. The average molecular weight is 288 g/mol. The largest absolute Gasteiger partial charge is 0.424 e. The Hall–Kier alpha value is -0.990. The maximum Gasteiger partial charge on any atom is 0.230 e. The van der Waals surface area contributed by atoms with Gasteiger partial charge >= 0.3 is 0 Å². The van der Waals surface area contributed by atoms with Gasteiger partial charge in [0.15, 0.2) is 0 Å². The maximum absolute atomic E-state index is 11.9. The summed E-state index contributed by atoms with van der Waals surface area (Å²) in [5.74, 6) is 1.37. The second-order valence-electron chi connectivity index (χ2n) is 4.71. The Labute approximate surface area is 113 Å². The molecule has 2 heterocycles. The molecule has 0 aromatic carbocycles. The zero-order valence-electron chi connectivity index (χ0n) is 11.4. The first-order valence-electron chi connectivity index (χ1n) is 6.50. The van der Waals surface area contributed by atoms with Gasteiger partial charge in [-0.25, -0.2) is 8.42 Å². The van der Waals surface area contributed by atoms with Crippen molar-refractivity contribution >= 4 is 10.0 Å². The number of rotatable bonds is 5. The van der Waals surface area contributed by atoms with Crippen LogP contribution in [0.15, 0.2) is 4.42 Å². The summed E-state index contributed by atoms with van der Waals surface area (Å²) in [6, 6.07) is 0. The molecule has 0 bridgehead atoms. The van der Waals surface area contributed by atoms with Gasteiger partial charge in [0.25, 0.3) is 0 Å². The lowest BCUT2D eigenvalue weighted by Gasteiger charge is -2.33. The Morgan fingerprint density at radius 2 is 1.89 bits per heavy atom. The number of sulfonamides is 1. The van der Waals surface area contributed by atoms with Crippen LogP contribution in [-0.2, 0) is 16.6 Å². The number of aromatic nitrogens is 2. The SMILES string of the molecule is CCCS(=O)(=O)N1CCN(Cc2nnc(C)o2)CC1. The molecule has 1 aliphatic rings.